The first kappa shape index (κ1) is 15.2. The Hall–Kier alpha value is -0.843. The largest absolute Gasteiger partial charge is 0.543 e. The Bertz CT molecular complexity index is 397. The van der Waals surface area contributed by atoms with Crippen LogP contribution >= 0.6 is 0 Å². The van der Waals surface area contributed by atoms with Crippen LogP contribution in [-0.4, -0.2) is 25.6 Å². The van der Waals surface area contributed by atoms with E-state index in [0.29, 0.717) is 6.54 Å². The third kappa shape index (κ3) is 3.83. The van der Waals surface area contributed by atoms with E-state index >= 15 is 0 Å². The van der Waals surface area contributed by atoms with Crippen LogP contribution in [0, 0.1) is 0 Å². The molecule has 0 aliphatic carbocycles. The van der Waals surface area contributed by atoms with Gasteiger partial charge in [0.25, 0.3) is 0 Å². The number of hydroxylamine groups is 2. The van der Waals surface area contributed by atoms with Crippen LogP contribution in [0.3, 0.4) is 0 Å². The monoisotopic (exact) mass is 267 g/mol. The van der Waals surface area contributed by atoms with E-state index in [1.807, 2.05) is 24.3 Å². The van der Waals surface area contributed by atoms with Gasteiger partial charge in [-0.25, -0.2) is 0 Å². The number of para-hydroxylation sites is 1. The molecule has 1 aromatic rings. The average molecular weight is 267 g/mol. The molecule has 0 atom stereocenters. The first-order valence-corrected chi connectivity index (χ1v) is 9.21. The molecule has 18 heavy (non-hydrogen) atoms. The summed E-state index contributed by atoms with van der Waals surface area (Å²) in [5.41, 5.74) is 1.02. The van der Waals surface area contributed by atoms with Gasteiger partial charge in [0.2, 0.25) is 8.32 Å². The highest BCUT2D eigenvalue weighted by Crippen LogP contribution is 2.38. The first-order chi connectivity index (χ1) is 8.13. The predicted octanol–water partition coefficient (Wildman–Crippen LogP) is 3.89. The molecule has 3 nitrogen and oxygen atoms in total. The molecule has 0 heterocycles. The molecule has 0 radical (unpaired) electrons. The summed E-state index contributed by atoms with van der Waals surface area (Å²) >= 11 is 0. The van der Waals surface area contributed by atoms with E-state index in [4.69, 9.17) is 4.43 Å². The second-order valence-corrected chi connectivity index (χ2v) is 11.0. The second-order valence-electron chi connectivity index (χ2n) is 6.29. The SMILES string of the molecule is CN(O)Cc1ccccc1O[Si](C)(C)C(C)(C)C. The smallest absolute Gasteiger partial charge is 0.250 e. The Balaban J connectivity index is 2.97. The minimum atomic E-state index is -1.83. The van der Waals surface area contributed by atoms with Crippen LogP contribution in [0.25, 0.3) is 0 Å². The molecule has 1 N–H and O–H groups in total. The maximum absolute atomic E-state index is 9.38. The Kier molecular flexibility index (Phi) is 4.59. The molecule has 1 rings (SSSR count). The van der Waals surface area contributed by atoms with Gasteiger partial charge in [-0.05, 0) is 24.2 Å². The zero-order valence-corrected chi connectivity index (χ0v) is 13.3. The van der Waals surface area contributed by atoms with E-state index in [2.05, 4.69) is 33.9 Å². The van der Waals surface area contributed by atoms with Gasteiger partial charge in [0.15, 0.2) is 0 Å². The summed E-state index contributed by atoms with van der Waals surface area (Å²) in [6.07, 6.45) is 0. The average Bonchev–Trinajstić information content (AvgIpc) is 2.18. The Morgan fingerprint density at radius 3 is 2.28 bits per heavy atom. The quantitative estimate of drug-likeness (QED) is 0.663. The van der Waals surface area contributed by atoms with E-state index < -0.39 is 8.32 Å². The highest BCUT2D eigenvalue weighted by Gasteiger charge is 2.39. The number of hydrogen-bond acceptors (Lipinski definition) is 3. The van der Waals surface area contributed by atoms with Crippen LogP contribution in [-0.2, 0) is 6.54 Å². The molecule has 0 aromatic heterocycles. The predicted molar refractivity (Wildman–Crippen MR) is 77.5 cm³/mol. The van der Waals surface area contributed by atoms with Crippen molar-refractivity contribution in [3.8, 4) is 5.75 Å². The minimum absolute atomic E-state index is 0.172. The van der Waals surface area contributed by atoms with Gasteiger partial charge in [0.1, 0.15) is 5.75 Å². The molecular formula is C14H25NO2Si. The summed E-state index contributed by atoms with van der Waals surface area (Å²) in [4.78, 5) is 0. The van der Waals surface area contributed by atoms with Crippen molar-refractivity contribution in [2.45, 2.75) is 45.4 Å². The Morgan fingerprint density at radius 1 is 1.22 bits per heavy atom. The van der Waals surface area contributed by atoms with Crippen molar-refractivity contribution in [3.05, 3.63) is 29.8 Å². The molecule has 0 unspecified atom stereocenters. The molecule has 0 bridgehead atoms. The molecule has 0 aliphatic rings. The van der Waals surface area contributed by atoms with Crippen molar-refractivity contribution >= 4 is 8.32 Å². The molecule has 0 spiro atoms. The summed E-state index contributed by atoms with van der Waals surface area (Å²) in [5, 5.41) is 10.7. The normalized spacial score (nSPS) is 12.9. The van der Waals surface area contributed by atoms with Gasteiger partial charge >= 0.3 is 0 Å². The van der Waals surface area contributed by atoms with Crippen molar-refractivity contribution in [1.29, 1.82) is 0 Å². The lowest BCUT2D eigenvalue weighted by molar-refractivity contribution is -0.0734. The van der Waals surface area contributed by atoms with Gasteiger partial charge in [-0.15, -0.1) is 0 Å². The number of nitrogens with zero attached hydrogens (tertiary/aromatic N) is 1. The minimum Gasteiger partial charge on any atom is -0.543 e. The Morgan fingerprint density at radius 2 is 1.78 bits per heavy atom. The number of benzene rings is 1. The number of hydrogen-bond donors (Lipinski definition) is 1. The van der Waals surface area contributed by atoms with E-state index in [9.17, 15) is 5.21 Å². The van der Waals surface area contributed by atoms with Crippen LogP contribution in [0.15, 0.2) is 24.3 Å². The molecule has 4 heteroatoms. The van der Waals surface area contributed by atoms with Crippen LogP contribution in [0.5, 0.6) is 5.75 Å². The van der Waals surface area contributed by atoms with Gasteiger partial charge in [-0.1, -0.05) is 39.0 Å². The number of rotatable bonds is 4. The zero-order valence-electron chi connectivity index (χ0n) is 12.3. The van der Waals surface area contributed by atoms with Gasteiger partial charge < -0.3 is 9.63 Å². The fourth-order valence-electron chi connectivity index (χ4n) is 1.41. The second kappa shape index (κ2) is 5.43. The van der Waals surface area contributed by atoms with Gasteiger partial charge in [-0.2, -0.15) is 5.06 Å². The lowest BCUT2D eigenvalue weighted by atomic mass is 10.2. The van der Waals surface area contributed by atoms with Crippen molar-refractivity contribution < 1.29 is 9.63 Å². The fraction of sp³-hybridized carbons (Fsp3) is 0.571. The molecule has 1 aromatic carbocycles. The maximum Gasteiger partial charge on any atom is 0.250 e. The molecule has 0 fully saturated rings. The van der Waals surface area contributed by atoms with E-state index in [1.54, 1.807) is 7.05 Å². The maximum atomic E-state index is 9.38. The van der Waals surface area contributed by atoms with Gasteiger partial charge in [0, 0.05) is 12.6 Å². The zero-order chi connectivity index (χ0) is 14.0. The topological polar surface area (TPSA) is 32.7 Å². The van der Waals surface area contributed by atoms with Crippen LogP contribution < -0.4 is 4.43 Å². The molecule has 0 saturated carbocycles. The first-order valence-electron chi connectivity index (χ1n) is 6.30. The van der Waals surface area contributed by atoms with Crippen molar-refractivity contribution in [2.24, 2.45) is 0 Å². The summed E-state index contributed by atoms with van der Waals surface area (Å²) in [5.74, 6) is 0.894. The standard InChI is InChI=1S/C14H25NO2Si/c1-14(2,3)18(5,6)17-13-10-8-7-9-12(13)11-15(4)16/h7-10,16H,11H2,1-6H3. The fourth-order valence-corrected chi connectivity index (χ4v) is 2.46. The van der Waals surface area contributed by atoms with Crippen LogP contribution in [0.1, 0.15) is 26.3 Å². The third-order valence-electron chi connectivity index (χ3n) is 3.54. The lowest BCUT2D eigenvalue weighted by Gasteiger charge is -2.37. The van der Waals surface area contributed by atoms with Crippen molar-refractivity contribution in [1.82, 2.24) is 5.06 Å². The molecular weight excluding hydrogens is 242 g/mol. The Labute approximate surface area is 111 Å². The molecule has 102 valence electrons. The van der Waals surface area contributed by atoms with Crippen molar-refractivity contribution in [2.75, 3.05) is 7.05 Å². The highest BCUT2D eigenvalue weighted by molar-refractivity contribution is 6.74. The van der Waals surface area contributed by atoms with E-state index in [-0.39, 0.29) is 5.04 Å². The highest BCUT2D eigenvalue weighted by atomic mass is 28.4. The lowest BCUT2D eigenvalue weighted by Crippen LogP contribution is -2.44. The molecule has 0 amide bonds. The van der Waals surface area contributed by atoms with Crippen molar-refractivity contribution in [3.63, 3.8) is 0 Å². The summed E-state index contributed by atoms with van der Waals surface area (Å²) < 4.78 is 6.30. The van der Waals surface area contributed by atoms with Gasteiger partial charge in [0.05, 0.1) is 6.54 Å². The van der Waals surface area contributed by atoms with Crippen LogP contribution in [0.4, 0.5) is 0 Å². The van der Waals surface area contributed by atoms with E-state index in [1.165, 1.54) is 5.06 Å². The molecule has 0 saturated heterocycles. The van der Waals surface area contributed by atoms with Gasteiger partial charge in [-0.3, -0.25) is 0 Å². The third-order valence-corrected chi connectivity index (χ3v) is 7.89. The summed E-state index contributed by atoms with van der Waals surface area (Å²) in [6, 6.07) is 7.93. The summed E-state index contributed by atoms with van der Waals surface area (Å²) in [6.45, 7) is 11.6. The summed E-state index contributed by atoms with van der Waals surface area (Å²) in [7, 11) is -0.186. The van der Waals surface area contributed by atoms with Crippen LogP contribution in [0.2, 0.25) is 18.1 Å². The van der Waals surface area contributed by atoms with E-state index in [0.717, 1.165) is 11.3 Å². The molecule has 0 aliphatic heterocycles.